The first-order chi connectivity index (χ1) is 14.2. The number of aryl methyl sites for hydroxylation is 3. The van der Waals surface area contributed by atoms with Crippen LogP contribution in [0.1, 0.15) is 70.6 Å². The van der Waals surface area contributed by atoms with E-state index in [2.05, 4.69) is 20.7 Å². The van der Waals surface area contributed by atoms with Crippen LogP contribution in [0, 0.1) is 26.7 Å². The van der Waals surface area contributed by atoms with E-state index in [1.807, 2.05) is 72.9 Å². The van der Waals surface area contributed by atoms with Gasteiger partial charge in [-0.1, -0.05) is 13.8 Å². The fourth-order valence-electron chi connectivity index (χ4n) is 3.39. The first-order valence-electron chi connectivity index (χ1n) is 10.8. The van der Waals surface area contributed by atoms with Gasteiger partial charge in [0.2, 0.25) is 5.91 Å². The molecular weight excluding hydrogens is 394 g/mol. The lowest BCUT2D eigenvalue weighted by Gasteiger charge is -2.35. The van der Waals surface area contributed by atoms with Crippen molar-refractivity contribution in [2.75, 3.05) is 6.54 Å². The highest BCUT2D eigenvalue weighted by molar-refractivity contribution is 5.77. The fourth-order valence-corrected chi connectivity index (χ4v) is 3.39. The molecule has 2 aromatic heterocycles. The minimum atomic E-state index is -0.598. The van der Waals surface area contributed by atoms with Gasteiger partial charge >= 0.3 is 6.09 Å². The summed E-state index contributed by atoms with van der Waals surface area (Å²) < 4.78 is 7.14. The molecule has 0 saturated heterocycles. The molecule has 0 aliphatic carbocycles. The van der Waals surface area contributed by atoms with Crippen LogP contribution in [0.5, 0.6) is 0 Å². The molecule has 0 fully saturated rings. The van der Waals surface area contributed by atoms with E-state index >= 15 is 0 Å². The van der Waals surface area contributed by atoms with Gasteiger partial charge in [-0.25, -0.2) is 14.3 Å². The summed E-state index contributed by atoms with van der Waals surface area (Å²) in [5.41, 5.74) is 3.51. The number of ether oxygens (including phenoxy) is 1. The standard InChI is InChI=1S/C23H37N5O3/c1-14(2)23(9,13-24-21(30)31-22(6,7)8)26-20(29)11-10-18-16(4)25-19-12-15(3)27-28(19)17(18)5/h12,14H,10-11,13H2,1-9H3,(H,24,30)(H,26,29). The van der Waals surface area contributed by atoms with Gasteiger partial charge in [-0.15, -0.1) is 0 Å². The molecular formula is C23H37N5O3. The van der Waals surface area contributed by atoms with E-state index in [0.717, 1.165) is 28.3 Å². The minimum Gasteiger partial charge on any atom is -0.444 e. The molecule has 2 rings (SSSR count). The zero-order valence-corrected chi connectivity index (χ0v) is 20.3. The third kappa shape index (κ3) is 6.42. The SMILES string of the molecule is Cc1cc2nc(C)c(CCC(=O)NC(C)(CNC(=O)OC(C)(C)C)C(C)C)c(C)n2n1. The molecule has 172 valence electrons. The largest absolute Gasteiger partial charge is 0.444 e. The van der Waals surface area contributed by atoms with Crippen molar-refractivity contribution < 1.29 is 14.3 Å². The second-order valence-corrected chi connectivity index (χ2v) is 9.79. The van der Waals surface area contributed by atoms with E-state index in [0.29, 0.717) is 12.8 Å². The first-order valence-corrected chi connectivity index (χ1v) is 10.8. The molecule has 0 aliphatic rings. The maximum absolute atomic E-state index is 12.8. The number of carbonyl (C=O) groups is 2. The Morgan fingerprint density at radius 1 is 1.16 bits per heavy atom. The number of aromatic nitrogens is 3. The van der Waals surface area contributed by atoms with Crippen molar-refractivity contribution in [3.05, 3.63) is 28.7 Å². The number of nitrogens with one attached hydrogen (secondary N) is 2. The van der Waals surface area contributed by atoms with Crippen molar-refractivity contribution in [1.82, 2.24) is 25.2 Å². The normalized spacial score (nSPS) is 13.9. The summed E-state index contributed by atoms with van der Waals surface area (Å²) in [6.45, 7) is 17.6. The van der Waals surface area contributed by atoms with Gasteiger partial charge in [0.25, 0.3) is 0 Å². The zero-order chi connectivity index (χ0) is 23.6. The number of fused-ring (bicyclic) bond motifs is 1. The quantitative estimate of drug-likeness (QED) is 0.697. The van der Waals surface area contributed by atoms with Crippen molar-refractivity contribution in [2.45, 2.75) is 86.3 Å². The molecule has 2 amide bonds. The average Bonchev–Trinajstić information content (AvgIpc) is 2.98. The molecule has 31 heavy (non-hydrogen) atoms. The van der Waals surface area contributed by atoms with Crippen molar-refractivity contribution in [3.63, 3.8) is 0 Å². The van der Waals surface area contributed by atoms with Crippen molar-refractivity contribution >= 4 is 17.6 Å². The summed E-state index contributed by atoms with van der Waals surface area (Å²) in [7, 11) is 0. The second kappa shape index (κ2) is 9.24. The van der Waals surface area contributed by atoms with Crippen LogP contribution in [0.2, 0.25) is 0 Å². The summed E-state index contributed by atoms with van der Waals surface area (Å²) in [6, 6.07) is 1.95. The molecule has 2 heterocycles. The van der Waals surface area contributed by atoms with Crippen LogP contribution in [-0.2, 0) is 16.0 Å². The summed E-state index contributed by atoms with van der Waals surface area (Å²) >= 11 is 0. The summed E-state index contributed by atoms with van der Waals surface area (Å²) in [5.74, 6) is 0.0395. The number of amides is 2. The van der Waals surface area contributed by atoms with Gasteiger partial charge in [0.05, 0.1) is 11.2 Å². The van der Waals surface area contributed by atoms with Gasteiger partial charge in [0, 0.05) is 30.4 Å². The van der Waals surface area contributed by atoms with Gasteiger partial charge in [-0.2, -0.15) is 5.10 Å². The molecule has 2 aromatic rings. The highest BCUT2D eigenvalue weighted by atomic mass is 16.6. The summed E-state index contributed by atoms with van der Waals surface area (Å²) in [6.07, 6.45) is 0.400. The molecule has 1 atom stereocenters. The number of carbonyl (C=O) groups excluding carboxylic acids is 2. The molecule has 8 heteroatoms. The molecule has 0 aliphatic heterocycles. The molecule has 0 spiro atoms. The highest BCUT2D eigenvalue weighted by Crippen LogP contribution is 2.19. The third-order valence-electron chi connectivity index (χ3n) is 5.59. The highest BCUT2D eigenvalue weighted by Gasteiger charge is 2.31. The lowest BCUT2D eigenvalue weighted by Crippen LogP contribution is -2.57. The van der Waals surface area contributed by atoms with Gasteiger partial charge in [-0.3, -0.25) is 4.79 Å². The lowest BCUT2D eigenvalue weighted by molar-refractivity contribution is -0.123. The van der Waals surface area contributed by atoms with Gasteiger partial charge in [-0.05, 0) is 66.4 Å². The molecule has 0 aromatic carbocycles. The Balaban J connectivity index is 2.04. The Labute approximate surface area is 185 Å². The van der Waals surface area contributed by atoms with E-state index < -0.39 is 17.2 Å². The Hall–Kier alpha value is -2.64. The van der Waals surface area contributed by atoms with Crippen LogP contribution < -0.4 is 10.6 Å². The van der Waals surface area contributed by atoms with Crippen LogP contribution in [0.3, 0.4) is 0 Å². The van der Waals surface area contributed by atoms with Gasteiger partial charge < -0.3 is 15.4 Å². The summed E-state index contributed by atoms with van der Waals surface area (Å²) in [5, 5.41) is 10.4. The number of alkyl carbamates (subject to hydrolysis) is 1. The van der Waals surface area contributed by atoms with E-state index in [-0.39, 0.29) is 18.4 Å². The van der Waals surface area contributed by atoms with Crippen molar-refractivity contribution in [3.8, 4) is 0 Å². The number of hydrogen-bond acceptors (Lipinski definition) is 5. The Morgan fingerprint density at radius 2 is 1.81 bits per heavy atom. The van der Waals surface area contributed by atoms with Gasteiger partial charge in [0.1, 0.15) is 5.60 Å². The molecule has 1 unspecified atom stereocenters. The van der Waals surface area contributed by atoms with Crippen LogP contribution in [-0.4, -0.2) is 44.3 Å². The average molecular weight is 432 g/mol. The lowest BCUT2D eigenvalue weighted by atomic mass is 9.88. The molecule has 0 saturated carbocycles. The minimum absolute atomic E-state index is 0.0715. The van der Waals surface area contributed by atoms with E-state index in [1.165, 1.54) is 0 Å². The van der Waals surface area contributed by atoms with Crippen molar-refractivity contribution in [2.24, 2.45) is 5.92 Å². The smallest absolute Gasteiger partial charge is 0.407 e. The first kappa shape index (κ1) is 24.6. The Bertz CT molecular complexity index is 958. The second-order valence-electron chi connectivity index (χ2n) is 9.79. The molecule has 2 N–H and O–H groups in total. The van der Waals surface area contributed by atoms with E-state index in [9.17, 15) is 9.59 Å². The van der Waals surface area contributed by atoms with Crippen LogP contribution in [0.15, 0.2) is 6.07 Å². The Morgan fingerprint density at radius 3 is 2.39 bits per heavy atom. The van der Waals surface area contributed by atoms with Crippen molar-refractivity contribution in [1.29, 1.82) is 0 Å². The predicted molar refractivity (Wildman–Crippen MR) is 121 cm³/mol. The van der Waals surface area contributed by atoms with Crippen LogP contribution in [0.4, 0.5) is 4.79 Å². The number of nitrogens with zero attached hydrogens (tertiary/aromatic N) is 3. The van der Waals surface area contributed by atoms with E-state index in [1.54, 1.807) is 0 Å². The molecule has 8 nitrogen and oxygen atoms in total. The topological polar surface area (TPSA) is 97.6 Å². The Kier molecular flexibility index (Phi) is 7.34. The third-order valence-corrected chi connectivity index (χ3v) is 5.59. The molecule has 0 radical (unpaired) electrons. The van der Waals surface area contributed by atoms with Crippen LogP contribution in [0.25, 0.3) is 5.65 Å². The fraction of sp³-hybridized carbons (Fsp3) is 0.652. The van der Waals surface area contributed by atoms with E-state index in [4.69, 9.17) is 4.74 Å². The maximum atomic E-state index is 12.8. The zero-order valence-electron chi connectivity index (χ0n) is 20.3. The van der Waals surface area contributed by atoms with Crippen LogP contribution >= 0.6 is 0 Å². The monoisotopic (exact) mass is 431 g/mol. The maximum Gasteiger partial charge on any atom is 0.407 e. The summed E-state index contributed by atoms with van der Waals surface area (Å²) in [4.78, 5) is 29.5. The predicted octanol–water partition coefficient (Wildman–Crippen LogP) is 3.64. The van der Waals surface area contributed by atoms with Gasteiger partial charge in [0.15, 0.2) is 5.65 Å². The number of hydrogen-bond donors (Lipinski definition) is 2. The number of rotatable bonds is 7. The molecule has 0 bridgehead atoms.